The van der Waals surface area contributed by atoms with Crippen molar-refractivity contribution in [3.05, 3.63) is 0 Å². The van der Waals surface area contributed by atoms with Crippen molar-refractivity contribution in [2.75, 3.05) is 6.54 Å². The second kappa shape index (κ2) is 8.82. The Hall–Kier alpha value is -1.26. The molecule has 0 aromatic rings. The van der Waals surface area contributed by atoms with Gasteiger partial charge < -0.3 is 15.7 Å². The smallest absolute Gasteiger partial charge is 0.315 e. The Labute approximate surface area is 121 Å². The molecule has 0 aliphatic heterocycles. The first-order chi connectivity index (χ1) is 9.56. The summed E-state index contributed by atoms with van der Waals surface area (Å²) in [5, 5.41) is 14.9. The molecule has 1 aliphatic carbocycles. The number of carbonyl (C=O) groups excluding carboxylic acids is 1. The van der Waals surface area contributed by atoms with Crippen LogP contribution in [0.4, 0.5) is 4.79 Å². The summed E-state index contributed by atoms with van der Waals surface area (Å²) in [7, 11) is 0. The lowest BCUT2D eigenvalue weighted by atomic mass is 9.82. The van der Waals surface area contributed by atoms with E-state index >= 15 is 0 Å². The Morgan fingerprint density at radius 1 is 1.20 bits per heavy atom. The number of carboxylic acid groups (broad SMARTS) is 1. The molecule has 0 aromatic carbocycles. The molecule has 1 aliphatic rings. The molecular formula is C15H28N2O3. The molecule has 0 heterocycles. The fraction of sp³-hybridized carbons (Fsp3) is 0.867. The molecule has 1 saturated carbocycles. The molecule has 0 bridgehead atoms. The van der Waals surface area contributed by atoms with E-state index in [1.54, 1.807) is 0 Å². The second-order valence-electron chi connectivity index (χ2n) is 5.80. The standard InChI is InChI=1S/C15H28N2O3/c1-3-5-13(4-2)17-15(20)16-10-11-6-8-12(9-7-11)14(18)19/h11-13H,3-10H2,1-2H3,(H,18,19)(H2,16,17,20). The maximum absolute atomic E-state index is 11.8. The van der Waals surface area contributed by atoms with E-state index in [4.69, 9.17) is 5.11 Å². The molecule has 0 aromatic heterocycles. The molecule has 3 N–H and O–H groups in total. The first-order valence-corrected chi connectivity index (χ1v) is 7.83. The summed E-state index contributed by atoms with van der Waals surface area (Å²) in [4.78, 5) is 22.6. The van der Waals surface area contributed by atoms with Crippen molar-refractivity contribution in [2.24, 2.45) is 11.8 Å². The zero-order valence-electron chi connectivity index (χ0n) is 12.7. The monoisotopic (exact) mass is 284 g/mol. The zero-order chi connectivity index (χ0) is 15.0. The van der Waals surface area contributed by atoms with Crippen molar-refractivity contribution >= 4 is 12.0 Å². The average molecular weight is 284 g/mol. The molecule has 20 heavy (non-hydrogen) atoms. The fourth-order valence-corrected chi connectivity index (χ4v) is 2.81. The molecule has 2 amide bonds. The largest absolute Gasteiger partial charge is 0.481 e. The molecule has 1 atom stereocenters. The van der Waals surface area contributed by atoms with Crippen molar-refractivity contribution < 1.29 is 14.7 Å². The van der Waals surface area contributed by atoms with Gasteiger partial charge in [0.2, 0.25) is 0 Å². The quantitative estimate of drug-likeness (QED) is 0.672. The number of hydrogen-bond acceptors (Lipinski definition) is 2. The molecule has 0 spiro atoms. The Kier molecular flexibility index (Phi) is 7.41. The van der Waals surface area contributed by atoms with Gasteiger partial charge in [-0.15, -0.1) is 0 Å². The van der Waals surface area contributed by atoms with E-state index in [2.05, 4.69) is 24.5 Å². The van der Waals surface area contributed by atoms with Crippen LogP contribution in [0, 0.1) is 11.8 Å². The highest BCUT2D eigenvalue weighted by Crippen LogP contribution is 2.28. The van der Waals surface area contributed by atoms with Crippen LogP contribution in [0.25, 0.3) is 0 Å². The molecule has 5 heteroatoms. The van der Waals surface area contributed by atoms with Crippen LogP contribution in [0.3, 0.4) is 0 Å². The first kappa shape index (κ1) is 16.8. The van der Waals surface area contributed by atoms with E-state index < -0.39 is 5.97 Å². The van der Waals surface area contributed by atoms with Crippen LogP contribution in [-0.2, 0) is 4.79 Å². The van der Waals surface area contributed by atoms with Crippen LogP contribution in [0.15, 0.2) is 0 Å². The van der Waals surface area contributed by atoms with Crippen molar-refractivity contribution in [3.8, 4) is 0 Å². The SMILES string of the molecule is CCCC(CC)NC(=O)NCC1CCC(C(=O)O)CC1. The Morgan fingerprint density at radius 2 is 1.85 bits per heavy atom. The van der Waals surface area contributed by atoms with Crippen LogP contribution >= 0.6 is 0 Å². The highest BCUT2D eigenvalue weighted by atomic mass is 16.4. The van der Waals surface area contributed by atoms with E-state index in [-0.39, 0.29) is 18.0 Å². The summed E-state index contributed by atoms with van der Waals surface area (Å²) in [5.74, 6) is -0.448. The van der Waals surface area contributed by atoms with Gasteiger partial charge in [-0.25, -0.2) is 4.79 Å². The third kappa shape index (κ3) is 5.80. The second-order valence-corrected chi connectivity index (χ2v) is 5.80. The van der Waals surface area contributed by atoms with Crippen molar-refractivity contribution in [2.45, 2.75) is 64.8 Å². The molecular weight excluding hydrogens is 256 g/mol. The summed E-state index contributed by atoms with van der Waals surface area (Å²) < 4.78 is 0. The Bertz CT molecular complexity index is 312. The van der Waals surface area contributed by atoms with E-state index in [1.165, 1.54) is 0 Å². The normalized spacial score (nSPS) is 23.9. The summed E-state index contributed by atoms with van der Waals surface area (Å²) >= 11 is 0. The lowest BCUT2D eigenvalue weighted by Crippen LogP contribution is -2.43. The average Bonchev–Trinajstić information content (AvgIpc) is 2.45. The number of amides is 2. The number of carboxylic acids is 1. The molecule has 5 nitrogen and oxygen atoms in total. The van der Waals surface area contributed by atoms with Gasteiger partial charge in [0, 0.05) is 12.6 Å². The summed E-state index contributed by atoms with van der Waals surface area (Å²) in [6.45, 7) is 4.84. The minimum absolute atomic E-state index is 0.0920. The van der Waals surface area contributed by atoms with Crippen molar-refractivity contribution in [1.29, 1.82) is 0 Å². The van der Waals surface area contributed by atoms with Crippen LogP contribution in [0.2, 0.25) is 0 Å². The number of rotatable bonds is 7. The fourth-order valence-electron chi connectivity index (χ4n) is 2.81. The predicted octanol–water partition coefficient (Wildman–Crippen LogP) is 2.76. The van der Waals surface area contributed by atoms with Crippen LogP contribution < -0.4 is 10.6 Å². The van der Waals surface area contributed by atoms with E-state index in [9.17, 15) is 9.59 Å². The van der Waals surface area contributed by atoms with Gasteiger partial charge in [-0.3, -0.25) is 4.79 Å². The lowest BCUT2D eigenvalue weighted by molar-refractivity contribution is -0.143. The number of nitrogens with one attached hydrogen (secondary N) is 2. The number of hydrogen-bond donors (Lipinski definition) is 3. The number of urea groups is 1. The maximum Gasteiger partial charge on any atom is 0.315 e. The van der Waals surface area contributed by atoms with Gasteiger partial charge in [0.15, 0.2) is 0 Å². The van der Waals surface area contributed by atoms with Gasteiger partial charge in [0.25, 0.3) is 0 Å². The minimum atomic E-state index is -0.681. The minimum Gasteiger partial charge on any atom is -0.481 e. The van der Waals surface area contributed by atoms with Gasteiger partial charge in [0.05, 0.1) is 5.92 Å². The third-order valence-corrected chi connectivity index (χ3v) is 4.21. The topological polar surface area (TPSA) is 78.4 Å². The molecule has 0 radical (unpaired) electrons. The lowest BCUT2D eigenvalue weighted by Gasteiger charge is -2.26. The highest BCUT2D eigenvalue weighted by Gasteiger charge is 2.26. The molecule has 1 fully saturated rings. The molecule has 1 rings (SSSR count). The van der Waals surface area contributed by atoms with Crippen LogP contribution in [0.1, 0.15) is 58.8 Å². The molecule has 0 saturated heterocycles. The molecule has 116 valence electrons. The van der Waals surface area contributed by atoms with Gasteiger partial charge >= 0.3 is 12.0 Å². The van der Waals surface area contributed by atoms with E-state index in [1.807, 2.05) is 0 Å². The van der Waals surface area contributed by atoms with Crippen molar-refractivity contribution in [1.82, 2.24) is 10.6 Å². The maximum atomic E-state index is 11.8. The summed E-state index contributed by atoms with van der Waals surface area (Å²) in [6, 6.07) is 0.161. The first-order valence-electron chi connectivity index (χ1n) is 7.83. The van der Waals surface area contributed by atoms with Gasteiger partial charge in [0.1, 0.15) is 0 Å². The van der Waals surface area contributed by atoms with E-state index in [0.29, 0.717) is 12.5 Å². The van der Waals surface area contributed by atoms with Crippen LogP contribution in [-0.4, -0.2) is 29.7 Å². The summed E-state index contributed by atoms with van der Waals surface area (Å²) in [5.41, 5.74) is 0. The predicted molar refractivity (Wildman–Crippen MR) is 78.6 cm³/mol. The number of aliphatic carboxylic acids is 1. The highest BCUT2D eigenvalue weighted by molar-refractivity contribution is 5.74. The summed E-state index contributed by atoms with van der Waals surface area (Å²) in [6.07, 6.45) is 6.27. The third-order valence-electron chi connectivity index (χ3n) is 4.21. The number of carbonyl (C=O) groups is 2. The van der Waals surface area contributed by atoms with Gasteiger partial charge in [-0.2, -0.15) is 0 Å². The molecule has 1 unspecified atom stereocenters. The van der Waals surface area contributed by atoms with Gasteiger partial charge in [-0.1, -0.05) is 20.3 Å². The van der Waals surface area contributed by atoms with Crippen LogP contribution in [0.5, 0.6) is 0 Å². The zero-order valence-corrected chi connectivity index (χ0v) is 12.7. The Balaban J connectivity index is 2.20. The van der Waals surface area contributed by atoms with Crippen molar-refractivity contribution in [3.63, 3.8) is 0 Å². The Morgan fingerprint density at radius 3 is 2.35 bits per heavy atom. The van der Waals surface area contributed by atoms with Gasteiger partial charge in [-0.05, 0) is 44.4 Å². The van der Waals surface area contributed by atoms with E-state index in [0.717, 1.165) is 44.9 Å².